The number of nitrogens with zero attached hydrogens (tertiary/aromatic N) is 1. The molecule has 1 amide bonds. The van der Waals surface area contributed by atoms with E-state index >= 15 is 0 Å². The van der Waals surface area contributed by atoms with Crippen molar-refractivity contribution in [2.24, 2.45) is 0 Å². The van der Waals surface area contributed by atoms with E-state index in [4.69, 9.17) is 4.74 Å². The van der Waals surface area contributed by atoms with Gasteiger partial charge in [-0.05, 0) is 41.6 Å². The molecule has 4 heteroatoms. The lowest BCUT2D eigenvalue weighted by Gasteiger charge is -2.34. The highest BCUT2D eigenvalue weighted by molar-refractivity contribution is 14.1. The highest BCUT2D eigenvalue weighted by Crippen LogP contribution is 2.35. The highest BCUT2D eigenvalue weighted by atomic mass is 127. The zero-order chi connectivity index (χ0) is 14.9. The Morgan fingerprint density at radius 2 is 1.81 bits per heavy atom. The van der Waals surface area contributed by atoms with Gasteiger partial charge in [-0.15, -0.1) is 0 Å². The van der Waals surface area contributed by atoms with Gasteiger partial charge in [0.25, 0.3) is 5.91 Å². The first kappa shape index (κ1) is 14.5. The summed E-state index contributed by atoms with van der Waals surface area (Å²) in [6.45, 7) is 3.12. The van der Waals surface area contributed by atoms with Crippen molar-refractivity contribution in [3.05, 3.63) is 69.3 Å². The zero-order valence-corrected chi connectivity index (χ0v) is 13.9. The van der Waals surface area contributed by atoms with Crippen molar-refractivity contribution in [3.63, 3.8) is 0 Å². The number of hydrogen-bond donors (Lipinski definition) is 0. The van der Waals surface area contributed by atoms with Crippen LogP contribution in [0.15, 0.2) is 54.6 Å². The normalized spacial score (nSPS) is 21.5. The minimum Gasteiger partial charge on any atom is -0.350 e. The summed E-state index contributed by atoms with van der Waals surface area (Å²) in [4.78, 5) is 14.7. The maximum Gasteiger partial charge on any atom is 0.257 e. The Bertz CT molecular complexity index is 659. The third-order valence-corrected chi connectivity index (χ3v) is 4.81. The number of hydrogen-bond acceptors (Lipinski definition) is 2. The molecule has 0 N–H and O–H groups in total. The van der Waals surface area contributed by atoms with Gasteiger partial charge in [-0.1, -0.05) is 42.5 Å². The third-order valence-electron chi connectivity index (χ3n) is 3.87. The van der Waals surface area contributed by atoms with E-state index in [0.717, 1.165) is 14.7 Å². The van der Waals surface area contributed by atoms with Crippen LogP contribution >= 0.6 is 22.6 Å². The lowest BCUT2D eigenvalue weighted by atomic mass is 10.0. The van der Waals surface area contributed by atoms with Gasteiger partial charge in [0.05, 0.1) is 12.2 Å². The number of carbonyl (C=O) groups excluding carboxylic acids is 1. The minimum atomic E-state index is -0.697. The van der Waals surface area contributed by atoms with Gasteiger partial charge in [-0.2, -0.15) is 0 Å². The summed E-state index contributed by atoms with van der Waals surface area (Å²) in [7, 11) is 0. The first-order valence-corrected chi connectivity index (χ1v) is 7.97. The standard InChI is InChI=1S/C17H16INO2/c1-17(13-7-3-2-4-8-13)19(11-12-21-17)16(20)14-9-5-6-10-15(14)18/h2-10H,11-12H2,1H3. The van der Waals surface area contributed by atoms with E-state index in [1.165, 1.54) is 0 Å². The van der Waals surface area contributed by atoms with Crippen molar-refractivity contribution in [2.45, 2.75) is 12.6 Å². The molecule has 0 spiro atoms. The van der Waals surface area contributed by atoms with E-state index in [1.54, 1.807) is 0 Å². The average molecular weight is 393 g/mol. The maximum atomic E-state index is 12.9. The van der Waals surface area contributed by atoms with E-state index < -0.39 is 5.72 Å². The average Bonchev–Trinajstić information content (AvgIpc) is 2.91. The highest BCUT2D eigenvalue weighted by Gasteiger charge is 2.42. The predicted molar refractivity (Wildman–Crippen MR) is 89.9 cm³/mol. The summed E-state index contributed by atoms with van der Waals surface area (Å²) in [6, 6.07) is 17.6. The fourth-order valence-electron chi connectivity index (χ4n) is 2.69. The Morgan fingerprint density at radius 1 is 1.14 bits per heavy atom. The number of benzene rings is 2. The van der Waals surface area contributed by atoms with Crippen LogP contribution in [0, 0.1) is 3.57 Å². The molecular weight excluding hydrogens is 377 g/mol. The number of rotatable bonds is 2. The topological polar surface area (TPSA) is 29.5 Å². The summed E-state index contributed by atoms with van der Waals surface area (Å²) >= 11 is 2.20. The lowest BCUT2D eigenvalue weighted by molar-refractivity contribution is -0.0586. The second-order valence-electron chi connectivity index (χ2n) is 5.13. The second-order valence-corrected chi connectivity index (χ2v) is 6.30. The van der Waals surface area contributed by atoms with Gasteiger partial charge in [-0.3, -0.25) is 4.79 Å². The van der Waals surface area contributed by atoms with Crippen LogP contribution in [0.5, 0.6) is 0 Å². The monoisotopic (exact) mass is 393 g/mol. The summed E-state index contributed by atoms with van der Waals surface area (Å²) < 4.78 is 6.88. The van der Waals surface area contributed by atoms with Crippen LogP contribution in [-0.2, 0) is 10.5 Å². The zero-order valence-electron chi connectivity index (χ0n) is 11.8. The Balaban J connectivity index is 1.98. The molecule has 2 aromatic rings. The smallest absolute Gasteiger partial charge is 0.257 e. The van der Waals surface area contributed by atoms with Gasteiger partial charge >= 0.3 is 0 Å². The molecule has 3 nitrogen and oxygen atoms in total. The lowest BCUT2D eigenvalue weighted by Crippen LogP contribution is -2.44. The SMILES string of the molecule is CC1(c2ccccc2)OCCN1C(=O)c1ccccc1I. The number of amides is 1. The molecule has 0 saturated carbocycles. The van der Waals surface area contributed by atoms with Crippen LogP contribution in [0.4, 0.5) is 0 Å². The Kier molecular flexibility index (Phi) is 3.99. The van der Waals surface area contributed by atoms with E-state index in [-0.39, 0.29) is 5.91 Å². The minimum absolute atomic E-state index is 0.0175. The predicted octanol–water partition coefficient (Wildman–Crippen LogP) is 3.64. The van der Waals surface area contributed by atoms with Crippen molar-refractivity contribution < 1.29 is 9.53 Å². The fraction of sp³-hybridized carbons (Fsp3) is 0.235. The van der Waals surface area contributed by atoms with Gasteiger partial charge in [0.2, 0.25) is 0 Å². The summed E-state index contributed by atoms with van der Waals surface area (Å²) in [5.74, 6) is 0.0175. The molecule has 1 heterocycles. The summed E-state index contributed by atoms with van der Waals surface area (Å²) in [5, 5.41) is 0. The number of ether oxygens (including phenoxy) is 1. The summed E-state index contributed by atoms with van der Waals surface area (Å²) in [6.07, 6.45) is 0. The second kappa shape index (κ2) is 5.77. The van der Waals surface area contributed by atoms with E-state index in [9.17, 15) is 4.79 Å². The van der Waals surface area contributed by atoms with Gasteiger partial charge < -0.3 is 9.64 Å². The molecule has 0 radical (unpaired) electrons. The number of halogens is 1. The van der Waals surface area contributed by atoms with Crippen molar-refractivity contribution in [2.75, 3.05) is 13.2 Å². The molecule has 1 unspecified atom stereocenters. The molecular formula is C17H16INO2. The van der Waals surface area contributed by atoms with E-state index in [0.29, 0.717) is 13.2 Å². The molecule has 1 saturated heterocycles. The Labute approximate surface area is 138 Å². The third kappa shape index (κ3) is 2.58. The van der Waals surface area contributed by atoms with Crippen LogP contribution in [-0.4, -0.2) is 24.0 Å². The molecule has 0 aromatic heterocycles. The largest absolute Gasteiger partial charge is 0.350 e. The van der Waals surface area contributed by atoms with Crippen molar-refractivity contribution >= 4 is 28.5 Å². The maximum absolute atomic E-state index is 12.9. The first-order chi connectivity index (χ1) is 10.1. The van der Waals surface area contributed by atoms with Crippen LogP contribution in [0.2, 0.25) is 0 Å². The van der Waals surface area contributed by atoms with Crippen LogP contribution < -0.4 is 0 Å². The molecule has 1 aliphatic rings. The van der Waals surface area contributed by atoms with E-state index in [2.05, 4.69) is 22.6 Å². The Hall–Kier alpha value is -1.40. The number of carbonyl (C=O) groups is 1. The van der Waals surface area contributed by atoms with Gasteiger partial charge in [0.15, 0.2) is 5.72 Å². The van der Waals surface area contributed by atoms with Crippen LogP contribution in [0.25, 0.3) is 0 Å². The van der Waals surface area contributed by atoms with Crippen molar-refractivity contribution in [1.29, 1.82) is 0 Å². The molecule has 0 aliphatic carbocycles. The summed E-state index contributed by atoms with van der Waals surface area (Å²) in [5.41, 5.74) is 1.03. The molecule has 108 valence electrons. The van der Waals surface area contributed by atoms with E-state index in [1.807, 2.05) is 66.4 Å². The molecule has 0 bridgehead atoms. The van der Waals surface area contributed by atoms with Crippen molar-refractivity contribution in [1.82, 2.24) is 4.90 Å². The molecule has 3 rings (SSSR count). The molecule has 1 fully saturated rings. The fourth-order valence-corrected chi connectivity index (χ4v) is 3.31. The first-order valence-electron chi connectivity index (χ1n) is 6.89. The van der Waals surface area contributed by atoms with Gasteiger partial charge in [-0.25, -0.2) is 0 Å². The quantitative estimate of drug-likeness (QED) is 0.730. The molecule has 2 aromatic carbocycles. The van der Waals surface area contributed by atoms with Crippen LogP contribution in [0.1, 0.15) is 22.8 Å². The molecule has 1 atom stereocenters. The van der Waals surface area contributed by atoms with Crippen LogP contribution in [0.3, 0.4) is 0 Å². The Morgan fingerprint density at radius 3 is 2.52 bits per heavy atom. The van der Waals surface area contributed by atoms with Crippen molar-refractivity contribution in [3.8, 4) is 0 Å². The molecule has 21 heavy (non-hydrogen) atoms. The molecule has 1 aliphatic heterocycles. The van der Waals surface area contributed by atoms with Gasteiger partial charge in [0.1, 0.15) is 0 Å². The van der Waals surface area contributed by atoms with Gasteiger partial charge in [0, 0.05) is 15.7 Å².